The Kier molecular flexibility index (Phi) is 6.90. The summed E-state index contributed by atoms with van der Waals surface area (Å²) in [6.07, 6.45) is 14.4. The van der Waals surface area contributed by atoms with E-state index in [0.717, 1.165) is 57.3 Å². The van der Waals surface area contributed by atoms with Gasteiger partial charge >= 0.3 is 0 Å². The summed E-state index contributed by atoms with van der Waals surface area (Å²) < 4.78 is 6.15. The van der Waals surface area contributed by atoms with E-state index in [4.69, 9.17) is 4.74 Å². The average Bonchev–Trinajstić information content (AvgIpc) is 3.21. The van der Waals surface area contributed by atoms with Crippen LogP contribution in [0.25, 0.3) is 0 Å². The molecule has 2 N–H and O–H groups in total. The van der Waals surface area contributed by atoms with Gasteiger partial charge in [0.25, 0.3) is 0 Å². The lowest BCUT2D eigenvalue weighted by atomic mass is 9.71. The Morgan fingerprint density at radius 1 is 0.923 bits per heavy atom. The quantitative estimate of drug-likeness (QED) is 0.760. The molecule has 4 rings (SSSR count). The molecule has 0 radical (unpaired) electrons. The van der Waals surface area contributed by atoms with Crippen LogP contribution in [0, 0.1) is 17.8 Å². The number of nitrogens with one attached hydrogen (secondary N) is 1. The molecule has 4 nitrogen and oxygen atoms in total. The summed E-state index contributed by atoms with van der Waals surface area (Å²) in [5, 5.41) is 14.8. The highest BCUT2D eigenvalue weighted by Gasteiger charge is 2.38. The molecule has 0 aromatic heterocycles. The zero-order valence-corrected chi connectivity index (χ0v) is 16.6. The first kappa shape index (κ1) is 19.2. The maximum Gasteiger partial charge on any atom is 0.0608 e. The summed E-state index contributed by atoms with van der Waals surface area (Å²) in [7, 11) is 0. The minimum absolute atomic E-state index is 0.101. The molecule has 0 spiro atoms. The zero-order valence-electron chi connectivity index (χ0n) is 16.6. The Morgan fingerprint density at radius 3 is 2.50 bits per heavy atom. The van der Waals surface area contributed by atoms with Crippen LogP contribution < -0.4 is 5.32 Å². The Bertz CT molecular complexity index is 418. The van der Waals surface area contributed by atoms with Gasteiger partial charge in [-0.2, -0.15) is 0 Å². The first-order valence-electron chi connectivity index (χ1n) is 11.5. The highest BCUT2D eigenvalue weighted by Crippen LogP contribution is 2.38. The third kappa shape index (κ3) is 4.81. The van der Waals surface area contributed by atoms with E-state index in [1.54, 1.807) is 0 Å². The molecule has 0 bridgehead atoms. The first-order chi connectivity index (χ1) is 12.8. The largest absolute Gasteiger partial charge is 0.393 e. The molecule has 0 aromatic rings. The molecule has 2 aliphatic heterocycles. The van der Waals surface area contributed by atoms with Gasteiger partial charge < -0.3 is 20.1 Å². The van der Waals surface area contributed by atoms with Crippen LogP contribution in [-0.2, 0) is 4.74 Å². The molecule has 4 unspecified atom stereocenters. The topological polar surface area (TPSA) is 44.7 Å². The lowest BCUT2D eigenvalue weighted by Crippen LogP contribution is -2.51. The molecule has 2 heterocycles. The second-order valence-electron chi connectivity index (χ2n) is 9.50. The van der Waals surface area contributed by atoms with Gasteiger partial charge in [0, 0.05) is 19.1 Å². The number of likely N-dealkylation sites (tertiary alicyclic amines) is 1. The van der Waals surface area contributed by atoms with Gasteiger partial charge in [0.2, 0.25) is 0 Å². The number of rotatable bonds is 6. The number of fused-ring (bicyclic) bond motifs is 1. The second kappa shape index (κ2) is 9.36. The van der Waals surface area contributed by atoms with E-state index >= 15 is 0 Å². The predicted octanol–water partition coefficient (Wildman–Crippen LogP) is 3.19. The van der Waals surface area contributed by atoms with Crippen LogP contribution in [0.3, 0.4) is 0 Å². The van der Waals surface area contributed by atoms with Gasteiger partial charge in [0.15, 0.2) is 0 Å². The standard InChI is InChI=1S/C22H40N2O2/c25-22(19-15-18-5-1-2-6-21(18)23-16-19)17-7-9-20(10-8-17)26-14-13-24-11-3-4-12-24/h17-23,25H,1-16H2. The number of ether oxygens (including phenoxy) is 1. The van der Waals surface area contributed by atoms with Gasteiger partial charge in [-0.05, 0) is 88.6 Å². The first-order valence-corrected chi connectivity index (χ1v) is 11.5. The SMILES string of the molecule is OC(C1CCC(OCCN2CCCC2)CC1)C1CNC2CCCCC2C1. The molecule has 2 aliphatic carbocycles. The lowest BCUT2D eigenvalue weighted by Gasteiger charge is -2.44. The average molecular weight is 365 g/mol. The molecular weight excluding hydrogens is 324 g/mol. The molecule has 150 valence electrons. The van der Waals surface area contributed by atoms with E-state index in [1.807, 2.05) is 0 Å². The molecular formula is C22H40N2O2. The van der Waals surface area contributed by atoms with Crippen molar-refractivity contribution in [3.63, 3.8) is 0 Å². The minimum Gasteiger partial charge on any atom is -0.393 e. The number of hydrogen-bond donors (Lipinski definition) is 2. The Morgan fingerprint density at radius 2 is 1.69 bits per heavy atom. The summed E-state index contributed by atoms with van der Waals surface area (Å²) >= 11 is 0. The summed E-state index contributed by atoms with van der Waals surface area (Å²) in [6, 6.07) is 0.743. The summed E-state index contributed by atoms with van der Waals surface area (Å²) in [5.74, 6) is 1.80. The Hall–Kier alpha value is -0.160. The van der Waals surface area contributed by atoms with Gasteiger partial charge in [-0.15, -0.1) is 0 Å². The Balaban J connectivity index is 1.15. The fourth-order valence-corrected chi connectivity index (χ4v) is 6.13. The van der Waals surface area contributed by atoms with E-state index in [-0.39, 0.29) is 6.10 Å². The molecule has 26 heavy (non-hydrogen) atoms. The maximum atomic E-state index is 11.0. The number of hydrogen-bond acceptors (Lipinski definition) is 4. The van der Waals surface area contributed by atoms with Crippen LogP contribution in [0.15, 0.2) is 0 Å². The number of aliphatic hydroxyl groups excluding tert-OH is 1. The zero-order chi connectivity index (χ0) is 17.8. The van der Waals surface area contributed by atoms with E-state index in [1.165, 1.54) is 58.0 Å². The molecule has 2 saturated carbocycles. The van der Waals surface area contributed by atoms with Crippen LogP contribution >= 0.6 is 0 Å². The van der Waals surface area contributed by atoms with Crippen molar-refractivity contribution in [3.8, 4) is 0 Å². The monoisotopic (exact) mass is 364 g/mol. The number of nitrogens with zero attached hydrogens (tertiary/aromatic N) is 1. The fraction of sp³-hybridized carbons (Fsp3) is 1.00. The van der Waals surface area contributed by atoms with Crippen molar-refractivity contribution >= 4 is 0 Å². The van der Waals surface area contributed by atoms with E-state index < -0.39 is 0 Å². The third-order valence-corrected chi connectivity index (χ3v) is 7.80. The molecule has 4 aliphatic rings. The molecule has 2 saturated heterocycles. The number of piperidine rings is 1. The van der Waals surface area contributed by atoms with Crippen molar-refractivity contribution in [2.45, 2.75) is 88.9 Å². The minimum atomic E-state index is -0.101. The predicted molar refractivity (Wildman–Crippen MR) is 105 cm³/mol. The summed E-state index contributed by atoms with van der Waals surface area (Å²) in [4.78, 5) is 2.53. The van der Waals surface area contributed by atoms with Crippen molar-refractivity contribution in [1.29, 1.82) is 0 Å². The molecule has 4 fully saturated rings. The van der Waals surface area contributed by atoms with Crippen LogP contribution in [0.1, 0.15) is 70.6 Å². The fourth-order valence-electron chi connectivity index (χ4n) is 6.13. The van der Waals surface area contributed by atoms with Gasteiger partial charge in [-0.25, -0.2) is 0 Å². The summed E-state index contributed by atoms with van der Waals surface area (Å²) in [5.41, 5.74) is 0. The maximum absolute atomic E-state index is 11.0. The summed E-state index contributed by atoms with van der Waals surface area (Å²) in [6.45, 7) is 5.57. The molecule has 4 heteroatoms. The van der Waals surface area contributed by atoms with Gasteiger partial charge in [0.05, 0.1) is 18.8 Å². The molecule has 0 aromatic carbocycles. The van der Waals surface area contributed by atoms with Crippen LogP contribution in [0.4, 0.5) is 0 Å². The van der Waals surface area contributed by atoms with E-state index in [2.05, 4.69) is 10.2 Å². The van der Waals surface area contributed by atoms with Crippen molar-refractivity contribution < 1.29 is 9.84 Å². The van der Waals surface area contributed by atoms with Crippen LogP contribution in [0.5, 0.6) is 0 Å². The molecule has 0 amide bonds. The van der Waals surface area contributed by atoms with E-state index in [9.17, 15) is 5.11 Å². The van der Waals surface area contributed by atoms with Gasteiger partial charge in [-0.3, -0.25) is 0 Å². The third-order valence-electron chi connectivity index (χ3n) is 7.80. The number of aliphatic hydroxyl groups is 1. The van der Waals surface area contributed by atoms with Gasteiger partial charge in [-0.1, -0.05) is 12.8 Å². The van der Waals surface area contributed by atoms with Crippen LogP contribution in [0.2, 0.25) is 0 Å². The normalized spacial score (nSPS) is 40.3. The highest BCUT2D eigenvalue weighted by molar-refractivity contribution is 4.92. The van der Waals surface area contributed by atoms with Crippen molar-refractivity contribution in [2.24, 2.45) is 17.8 Å². The highest BCUT2D eigenvalue weighted by atomic mass is 16.5. The van der Waals surface area contributed by atoms with E-state index in [0.29, 0.717) is 17.9 Å². The smallest absolute Gasteiger partial charge is 0.0608 e. The van der Waals surface area contributed by atoms with Crippen molar-refractivity contribution in [2.75, 3.05) is 32.8 Å². The van der Waals surface area contributed by atoms with Crippen molar-refractivity contribution in [1.82, 2.24) is 10.2 Å². The van der Waals surface area contributed by atoms with Crippen molar-refractivity contribution in [3.05, 3.63) is 0 Å². The van der Waals surface area contributed by atoms with Gasteiger partial charge in [0.1, 0.15) is 0 Å². The Labute approximate surface area is 160 Å². The second-order valence-corrected chi connectivity index (χ2v) is 9.50. The lowest BCUT2D eigenvalue weighted by molar-refractivity contribution is -0.0343. The molecule has 4 atom stereocenters. The van der Waals surface area contributed by atoms with Crippen LogP contribution in [-0.4, -0.2) is 61.0 Å².